The van der Waals surface area contributed by atoms with Gasteiger partial charge in [-0.15, -0.1) is 0 Å². The van der Waals surface area contributed by atoms with Crippen molar-refractivity contribution in [1.29, 1.82) is 0 Å². The van der Waals surface area contributed by atoms with E-state index >= 15 is 0 Å². The minimum atomic E-state index is -0.484. The van der Waals surface area contributed by atoms with E-state index in [2.05, 4.69) is 21.8 Å². The quantitative estimate of drug-likeness (QED) is 0.629. The summed E-state index contributed by atoms with van der Waals surface area (Å²) < 4.78 is 6.57. The number of amides is 1. The molecule has 3 rings (SSSR count). The van der Waals surface area contributed by atoms with Crippen LogP contribution in [0.2, 0.25) is 0 Å². The number of nitrogens with zero attached hydrogens (tertiary/aromatic N) is 3. The predicted octanol–water partition coefficient (Wildman–Crippen LogP) is 1.95. The van der Waals surface area contributed by atoms with Crippen LogP contribution < -0.4 is 16.6 Å². The van der Waals surface area contributed by atoms with Gasteiger partial charge in [0.1, 0.15) is 6.54 Å². The Morgan fingerprint density at radius 1 is 1.22 bits per heavy atom. The molecule has 3 aromatic rings. The average Bonchev–Trinajstić information content (AvgIpc) is 3.13. The maximum absolute atomic E-state index is 12.7. The zero-order valence-electron chi connectivity index (χ0n) is 15.3. The lowest BCUT2D eigenvalue weighted by Crippen LogP contribution is -2.43. The predicted molar refractivity (Wildman–Crippen MR) is 106 cm³/mol. The molecule has 0 spiro atoms. The third kappa shape index (κ3) is 4.16. The van der Waals surface area contributed by atoms with Gasteiger partial charge in [-0.05, 0) is 43.8 Å². The van der Waals surface area contributed by atoms with Crippen LogP contribution in [-0.4, -0.2) is 26.0 Å². The van der Waals surface area contributed by atoms with E-state index in [9.17, 15) is 14.4 Å². The van der Waals surface area contributed by atoms with E-state index in [1.165, 1.54) is 10.1 Å². The molecule has 0 unspecified atom stereocenters. The second-order valence-electron chi connectivity index (χ2n) is 6.63. The first kappa shape index (κ1) is 19.0. The summed E-state index contributed by atoms with van der Waals surface area (Å²) in [6, 6.07) is 9.75. The minimum absolute atomic E-state index is 0.133. The van der Waals surface area contributed by atoms with E-state index in [0.717, 1.165) is 28.9 Å². The molecule has 27 heavy (non-hydrogen) atoms. The Labute approximate surface area is 160 Å². The number of aromatic nitrogens is 3. The van der Waals surface area contributed by atoms with Crippen molar-refractivity contribution in [3.63, 3.8) is 0 Å². The van der Waals surface area contributed by atoms with Crippen LogP contribution in [0.1, 0.15) is 31.9 Å². The maximum Gasteiger partial charge on any atom is 0.332 e. The second-order valence-corrected chi connectivity index (χ2v) is 7.25. The van der Waals surface area contributed by atoms with Gasteiger partial charge in [0, 0.05) is 18.0 Å². The van der Waals surface area contributed by atoms with Crippen LogP contribution in [0.4, 0.5) is 0 Å². The standard InChI is InChI=1S/C19H22N4O3S/c1-13(2)23-18(25)17-15(12-27-21-17)22(19(23)26)11-16(24)20-10-6-9-14-7-4-3-5-8-14/h3-5,7-8,12-13H,6,9-11H2,1-2H3,(H,20,24). The molecule has 0 bridgehead atoms. The van der Waals surface area contributed by atoms with Crippen LogP contribution in [0.25, 0.3) is 11.0 Å². The molecule has 0 radical (unpaired) electrons. The van der Waals surface area contributed by atoms with Crippen LogP contribution in [0, 0.1) is 0 Å². The van der Waals surface area contributed by atoms with Crippen molar-refractivity contribution >= 4 is 28.5 Å². The van der Waals surface area contributed by atoms with E-state index < -0.39 is 11.2 Å². The molecule has 0 aliphatic carbocycles. The highest BCUT2D eigenvalue weighted by Crippen LogP contribution is 2.11. The fraction of sp³-hybridized carbons (Fsp3) is 0.368. The Morgan fingerprint density at radius 3 is 2.67 bits per heavy atom. The summed E-state index contributed by atoms with van der Waals surface area (Å²) in [5.74, 6) is -0.258. The van der Waals surface area contributed by atoms with E-state index in [-0.39, 0.29) is 24.0 Å². The molecule has 1 N–H and O–H groups in total. The van der Waals surface area contributed by atoms with Gasteiger partial charge in [0.25, 0.3) is 5.56 Å². The topological polar surface area (TPSA) is 86.0 Å². The third-order valence-corrected chi connectivity index (χ3v) is 4.94. The molecule has 0 aliphatic heterocycles. The number of nitrogens with one attached hydrogen (secondary N) is 1. The first-order valence-electron chi connectivity index (χ1n) is 8.89. The van der Waals surface area contributed by atoms with Gasteiger partial charge in [-0.1, -0.05) is 30.3 Å². The average molecular weight is 386 g/mol. The molecule has 2 aromatic heterocycles. The fourth-order valence-corrected chi connectivity index (χ4v) is 3.65. The fourth-order valence-electron chi connectivity index (χ4n) is 2.98. The summed E-state index contributed by atoms with van der Waals surface area (Å²) in [4.78, 5) is 37.5. The van der Waals surface area contributed by atoms with Crippen LogP contribution >= 0.6 is 11.5 Å². The highest BCUT2D eigenvalue weighted by atomic mass is 32.1. The van der Waals surface area contributed by atoms with Gasteiger partial charge in [-0.3, -0.25) is 18.7 Å². The monoisotopic (exact) mass is 386 g/mol. The van der Waals surface area contributed by atoms with Crippen molar-refractivity contribution in [2.45, 2.75) is 39.3 Å². The smallest absolute Gasteiger partial charge is 0.332 e. The number of rotatable bonds is 7. The number of carbonyl (C=O) groups is 1. The summed E-state index contributed by atoms with van der Waals surface area (Å²) in [6.45, 7) is 3.91. The van der Waals surface area contributed by atoms with Gasteiger partial charge in [-0.2, -0.15) is 4.37 Å². The van der Waals surface area contributed by atoms with Gasteiger partial charge in [0.05, 0.1) is 5.52 Å². The Kier molecular flexibility index (Phi) is 5.85. The normalized spacial score (nSPS) is 11.2. The van der Waals surface area contributed by atoms with Crippen LogP contribution in [0.15, 0.2) is 45.3 Å². The number of hydrogen-bond acceptors (Lipinski definition) is 5. The minimum Gasteiger partial charge on any atom is -0.355 e. The summed E-state index contributed by atoms with van der Waals surface area (Å²) in [6.07, 6.45) is 1.68. The van der Waals surface area contributed by atoms with Gasteiger partial charge >= 0.3 is 5.69 Å². The Balaban J connectivity index is 1.71. The third-order valence-electron chi connectivity index (χ3n) is 4.33. The van der Waals surface area contributed by atoms with E-state index in [0.29, 0.717) is 12.1 Å². The maximum atomic E-state index is 12.7. The van der Waals surface area contributed by atoms with E-state index in [1.807, 2.05) is 18.2 Å². The molecule has 0 atom stereocenters. The molecular weight excluding hydrogens is 364 g/mol. The molecular formula is C19H22N4O3S. The molecule has 8 heteroatoms. The summed E-state index contributed by atoms with van der Waals surface area (Å²) in [5, 5.41) is 4.48. The van der Waals surface area contributed by atoms with E-state index in [4.69, 9.17) is 0 Å². The molecule has 0 aliphatic rings. The SMILES string of the molecule is CC(C)n1c(=O)c2nscc2n(CC(=O)NCCCc2ccccc2)c1=O. The molecule has 7 nitrogen and oxygen atoms in total. The van der Waals surface area contributed by atoms with Crippen molar-refractivity contribution in [3.05, 3.63) is 62.1 Å². The van der Waals surface area contributed by atoms with Gasteiger partial charge in [0.2, 0.25) is 5.91 Å². The Morgan fingerprint density at radius 2 is 1.96 bits per heavy atom. The number of fused-ring (bicyclic) bond motifs is 1. The zero-order valence-corrected chi connectivity index (χ0v) is 16.2. The molecule has 0 saturated carbocycles. The zero-order chi connectivity index (χ0) is 19.4. The lowest BCUT2D eigenvalue weighted by Gasteiger charge is -2.14. The molecule has 142 valence electrons. The van der Waals surface area contributed by atoms with Crippen molar-refractivity contribution in [2.75, 3.05) is 6.54 Å². The molecule has 1 aromatic carbocycles. The van der Waals surface area contributed by atoms with Crippen molar-refractivity contribution in [2.24, 2.45) is 0 Å². The summed E-state index contributed by atoms with van der Waals surface area (Å²) in [7, 11) is 0. The number of benzene rings is 1. The lowest BCUT2D eigenvalue weighted by atomic mass is 10.1. The van der Waals surface area contributed by atoms with Gasteiger partial charge in [-0.25, -0.2) is 4.79 Å². The summed E-state index contributed by atoms with van der Waals surface area (Å²) in [5.41, 5.74) is 0.961. The van der Waals surface area contributed by atoms with Crippen molar-refractivity contribution < 1.29 is 4.79 Å². The number of hydrogen-bond donors (Lipinski definition) is 1. The van der Waals surface area contributed by atoms with Gasteiger partial charge in [0.15, 0.2) is 5.52 Å². The largest absolute Gasteiger partial charge is 0.355 e. The first-order valence-corrected chi connectivity index (χ1v) is 9.72. The second kappa shape index (κ2) is 8.30. The lowest BCUT2D eigenvalue weighted by molar-refractivity contribution is -0.121. The first-order chi connectivity index (χ1) is 13.0. The van der Waals surface area contributed by atoms with Crippen LogP contribution in [-0.2, 0) is 17.8 Å². The molecule has 1 amide bonds. The highest BCUT2D eigenvalue weighted by molar-refractivity contribution is 7.04. The van der Waals surface area contributed by atoms with Crippen LogP contribution in [0.3, 0.4) is 0 Å². The number of carbonyl (C=O) groups excluding carboxylic acids is 1. The van der Waals surface area contributed by atoms with Gasteiger partial charge < -0.3 is 5.32 Å². The van der Waals surface area contributed by atoms with Crippen molar-refractivity contribution in [1.82, 2.24) is 18.8 Å². The number of aryl methyl sites for hydroxylation is 1. The highest BCUT2D eigenvalue weighted by Gasteiger charge is 2.18. The van der Waals surface area contributed by atoms with Crippen molar-refractivity contribution in [3.8, 4) is 0 Å². The molecule has 0 saturated heterocycles. The Hall–Kier alpha value is -2.74. The Bertz CT molecular complexity index is 1050. The van der Waals surface area contributed by atoms with E-state index in [1.54, 1.807) is 19.2 Å². The summed E-state index contributed by atoms with van der Waals surface area (Å²) >= 11 is 1.10. The molecule has 0 fully saturated rings. The molecule has 2 heterocycles. The van der Waals surface area contributed by atoms with Crippen LogP contribution in [0.5, 0.6) is 0 Å².